The smallest absolute Gasteiger partial charge is 0.192 e. The fourth-order valence-electron chi connectivity index (χ4n) is 1.58. The van der Waals surface area contributed by atoms with Crippen molar-refractivity contribution in [2.45, 2.75) is 70.8 Å². The van der Waals surface area contributed by atoms with Crippen LogP contribution in [0.5, 0.6) is 0 Å². The molecule has 0 aromatic rings. The van der Waals surface area contributed by atoms with Gasteiger partial charge >= 0.3 is 0 Å². The van der Waals surface area contributed by atoms with Crippen LogP contribution in [0, 0.1) is 0 Å². The Morgan fingerprint density at radius 2 is 1.80 bits per heavy atom. The topological polar surface area (TPSA) is 21.3 Å². The summed E-state index contributed by atoms with van der Waals surface area (Å²) in [7, 11) is -1.52. The van der Waals surface area contributed by atoms with Gasteiger partial charge in [-0.3, -0.25) is 0 Å². The zero-order valence-corrected chi connectivity index (χ0v) is 12.2. The van der Waals surface area contributed by atoms with Gasteiger partial charge in [0.1, 0.15) is 0 Å². The van der Waals surface area contributed by atoms with Crippen LogP contribution >= 0.6 is 0 Å². The molecule has 0 spiro atoms. The summed E-state index contributed by atoms with van der Waals surface area (Å²) in [6, 6.07) is 1.36. The van der Waals surface area contributed by atoms with Crippen LogP contribution in [-0.4, -0.2) is 27.0 Å². The molecule has 0 radical (unpaired) electrons. The maximum Gasteiger partial charge on any atom is 0.192 e. The molecule has 1 heterocycles. The van der Waals surface area contributed by atoms with E-state index in [-0.39, 0.29) is 0 Å². The molecule has 90 valence electrons. The molecular formula is C12H27NOSi. The second-order valence-electron chi connectivity index (χ2n) is 6.28. The summed E-state index contributed by atoms with van der Waals surface area (Å²) in [6.45, 7) is 14.7. The Balaban J connectivity index is 2.26. The standard InChI is InChI=1S/C12H27NOSi/c1-7-10-8-11(13-10)9-14-15(5,6)12(2,3)4/h10-11,13H,7-9H2,1-6H3/t10-,11-/m0/s1. The molecule has 1 rings (SSSR count). The van der Waals surface area contributed by atoms with Gasteiger partial charge in [0.2, 0.25) is 0 Å². The molecule has 2 atom stereocenters. The molecule has 0 saturated carbocycles. The Morgan fingerprint density at radius 1 is 1.27 bits per heavy atom. The largest absolute Gasteiger partial charge is 0.415 e. The number of hydrogen-bond acceptors (Lipinski definition) is 2. The molecule has 0 aromatic heterocycles. The molecule has 1 aliphatic rings. The van der Waals surface area contributed by atoms with Gasteiger partial charge in [-0.25, -0.2) is 0 Å². The fraction of sp³-hybridized carbons (Fsp3) is 1.00. The molecule has 0 bridgehead atoms. The number of nitrogens with one attached hydrogen (secondary N) is 1. The SMILES string of the molecule is CC[C@H]1C[C@@H](CO[Si](C)(C)C(C)(C)C)N1. The maximum absolute atomic E-state index is 6.17. The molecule has 1 N–H and O–H groups in total. The van der Waals surface area contributed by atoms with Crippen LogP contribution in [0.3, 0.4) is 0 Å². The minimum Gasteiger partial charge on any atom is -0.415 e. The van der Waals surface area contributed by atoms with Crippen LogP contribution in [0.1, 0.15) is 40.5 Å². The van der Waals surface area contributed by atoms with Gasteiger partial charge in [-0.2, -0.15) is 0 Å². The van der Waals surface area contributed by atoms with Crippen molar-refractivity contribution in [3.63, 3.8) is 0 Å². The molecule has 2 nitrogen and oxygen atoms in total. The van der Waals surface area contributed by atoms with E-state index in [1.165, 1.54) is 12.8 Å². The normalized spacial score (nSPS) is 27.6. The Labute approximate surface area is 95.9 Å². The minimum atomic E-state index is -1.52. The van der Waals surface area contributed by atoms with Gasteiger partial charge in [0.25, 0.3) is 0 Å². The van der Waals surface area contributed by atoms with Crippen molar-refractivity contribution in [1.82, 2.24) is 5.32 Å². The Kier molecular flexibility index (Phi) is 4.01. The van der Waals surface area contributed by atoms with E-state index in [1.54, 1.807) is 0 Å². The van der Waals surface area contributed by atoms with E-state index in [1.807, 2.05) is 0 Å². The average molecular weight is 229 g/mol. The first-order chi connectivity index (χ1) is 6.76. The summed E-state index contributed by atoms with van der Waals surface area (Å²) in [6.07, 6.45) is 2.54. The van der Waals surface area contributed by atoms with Crippen LogP contribution in [-0.2, 0) is 4.43 Å². The fourth-order valence-corrected chi connectivity index (χ4v) is 2.63. The monoisotopic (exact) mass is 229 g/mol. The molecule has 1 aliphatic heterocycles. The van der Waals surface area contributed by atoms with Gasteiger partial charge in [-0.05, 0) is 31.0 Å². The third kappa shape index (κ3) is 3.30. The first-order valence-electron chi connectivity index (χ1n) is 6.16. The number of rotatable bonds is 4. The van der Waals surface area contributed by atoms with Crippen LogP contribution in [0.4, 0.5) is 0 Å². The van der Waals surface area contributed by atoms with Gasteiger partial charge in [-0.1, -0.05) is 27.7 Å². The summed E-state index contributed by atoms with van der Waals surface area (Å²) in [5.74, 6) is 0. The highest BCUT2D eigenvalue weighted by Crippen LogP contribution is 2.36. The lowest BCUT2D eigenvalue weighted by molar-refractivity contribution is 0.160. The molecular weight excluding hydrogens is 202 g/mol. The highest BCUT2D eigenvalue weighted by Gasteiger charge is 2.38. The molecule has 0 aliphatic carbocycles. The van der Waals surface area contributed by atoms with Gasteiger partial charge in [0, 0.05) is 18.7 Å². The Morgan fingerprint density at radius 3 is 2.20 bits per heavy atom. The van der Waals surface area contributed by atoms with Gasteiger partial charge in [-0.15, -0.1) is 0 Å². The summed E-state index contributed by atoms with van der Waals surface area (Å²) in [5, 5.41) is 3.88. The highest BCUT2D eigenvalue weighted by atomic mass is 28.4. The Hall–Kier alpha value is 0.137. The van der Waals surface area contributed by atoms with Crippen LogP contribution in [0.25, 0.3) is 0 Å². The third-order valence-electron chi connectivity index (χ3n) is 3.98. The van der Waals surface area contributed by atoms with E-state index in [0.717, 1.165) is 12.6 Å². The maximum atomic E-state index is 6.17. The summed E-state index contributed by atoms with van der Waals surface area (Å²) in [4.78, 5) is 0. The molecule has 3 heteroatoms. The van der Waals surface area contributed by atoms with Crippen molar-refractivity contribution >= 4 is 8.32 Å². The second-order valence-corrected chi connectivity index (χ2v) is 11.1. The first-order valence-corrected chi connectivity index (χ1v) is 9.07. The van der Waals surface area contributed by atoms with Crippen molar-refractivity contribution in [2.24, 2.45) is 0 Å². The minimum absolute atomic E-state index is 0.334. The van der Waals surface area contributed by atoms with E-state index >= 15 is 0 Å². The van der Waals surface area contributed by atoms with Crippen molar-refractivity contribution in [2.75, 3.05) is 6.61 Å². The van der Waals surface area contributed by atoms with Crippen molar-refractivity contribution in [1.29, 1.82) is 0 Å². The lowest BCUT2D eigenvalue weighted by atomic mass is 9.96. The molecule has 0 amide bonds. The summed E-state index contributed by atoms with van der Waals surface area (Å²) >= 11 is 0. The lowest BCUT2D eigenvalue weighted by Gasteiger charge is -2.41. The highest BCUT2D eigenvalue weighted by molar-refractivity contribution is 6.74. The van der Waals surface area contributed by atoms with Crippen LogP contribution in [0.2, 0.25) is 18.1 Å². The zero-order valence-electron chi connectivity index (χ0n) is 11.2. The predicted molar refractivity (Wildman–Crippen MR) is 68.8 cm³/mol. The molecule has 15 heavy (non-hydrogen) atoms. The van der Waals surface area contributed by atoms with Crippen LogP contribution < -0.4 is 5.32 Å². The van der Waals surface area contributed by atoms with Crippen LogP contribution in [0.15, 0.2) is 0 Å². The molecule has 1 fully saturated rings. The first kappa shape index (κ1) is 13.2. The quantitative estimate of drug-likeness (QED) is 0.748. The van der Waals surface area contributed by atoms with E-state index in [0.29, 0.717) is 11.1 Å². The Bertz CT molecular complexity index is 204. The van der Waals surface area contributed by atoms with Crippen molar-refractivity contribution in [3.05, 3.63) is 0 Å². The number of hydrogen-bond donors (Lipinski definition) is 1. The summed E-state index contributed by atoms with van der Waals surface area (Å²) < 4.78 is 6.17. The van der Waals surface area contributed by atoms with E-state index < -0.39 is 8.32 Å². The van der Waals surface area contributed by atoms with E-state index in [9.17, 15) is 0 Å². The molecule has 0 aromatic carbocycles. The predicted octanol–water partition coefficient (Wildman–Crippen LogP) is 3.15. The molecule has 0 unspecified atom stereocenters. The third-order valence-corrected chi connectivity index (χ3v) is 8.49. The average Bonchev–Trinajstić information content (AvgIpc) is 1.99. The second kappa shape index (κ2) is 4.56. The van der Waals surface area contributed by atoms with Gasteiger partial charge in [0.15, 0.2) is 8.32 Å². The van der Waals surface area contributed by atoms with Crippen molar-refractivity contribution < 1.29 is 4.43 Å². The lowest BCUT2D eigenvalue weighted by Crippen LogP contribution is -2.56. The van der Waals surface area contributed by atoms with Gasteiger partial charge < -0.3 is 9.74 Å². The van der Waals surface area contributed by atoms with Crippen molar-refractivity contribution in [3.8, 4) is 0 Å². The van der Waals surface area contributed by atoms with Gasteiger partial charge in [0.05, 0.1) is 0 Å². The van der Waals surface area contributed by atoms with E-state index in [2.05, 4.69) is 46.1 Å². The zero-order chi connectivity index (χ0) is 11.7. The van der Waals surface area contributed by atoms with E-state index in [4.69, 9.17) is 4.43 Å². The summed E-state index contributed by atoms with van der Waals surface area (Å²) in [5.41, 5.74) is 0. The molecule has 1 saturated heterocycles.